The minimum atomic E-state index is -0.464. The Morgan fingerprint density at radius 1 is 1.55 bits per heavy atom. The Morgan fingerprint density at radius 3 is 3.18 bits per heavy atom. The van der Waals surface area contributed by atoms with Gasteiger partial charge in [-0.25, -0.2) is 4.39 Å². The molecule has 0 aliphatic carbocycles. The molecule has 2 rings (SSSR count). The van der Waals surface area contributed by atoms with E-state index in [-0.39, 0.29) is 5.88 Å². The second kappa shape index (κ2) is 1.95. The van der Waals surface area contributed by atoms with E-state index in [1.165, 1.54) is 0 Å². The molecule has 2 N–H and O–H groups in total. The average Bonchev–Trinajstić information content (AvgIpc) is 2.34. The SMILES string of the molecule is Oc1cc(F)c2cc[nH]c2n1. The van der Waals surface area contributed by atoms with E-state index < -0.39 is 5.82 Å². The molecule has 0 unspecified atom stereocenters. The molecule has 56 valence electrons. The third-order valence-electron chi connectivity index (χ3n) is 1.46. The van der Waals surface area contributed by atoms with E-state index in [1.807, 2.05) is 0 Å². The fourth-order valence-corrected chi connectivity index (χ4v) is 0.984. The molecule has 0 aliphatic rings. The summed E-state index contributed by atoms with van der Waals surface area (Å²) in [6.45, 7) is 0. The van der Waals surface area contributed by atoms with Crippen LogP contribution in [0.25, 0.3) is 11.0 Å². The van der Waals surface area contributed by atoms with Gasteiger partial charge in [-0.3, -0.25) is 0 Å². The lowest BCUT2D eigenvalue weighted by Gasteiger charge is -1.92. The lowest BCUT2D eigenvalue weighted by Crippen LogP contribution is -1.80. The Bertz CT molecular complexity index is 396. The molecule has 0 radical (unpaired) electrons. The van der Waals surface area contributed by atoms with Crippen molar-refractivity contribution in [2.24, 2.45) is 0 Å². The third-order valence-corrected chi connectivity index (χ3v) is 1.46. The van der Waals surface area contributed by atoms with Crippen LogP contribution in [0, 0.1) is 5.82 Å². The van der Waals surface area contributed by atoms with Gasteiger partial charge >= 0.3 is 0 Å². The van der Waals surface area contributed by atoms with Crippen LogP contribution in [0.3, 0.4) is 0 Å². The van der Waals surface area contributed by atoms with Gasteiger partial charge in [-0.2, -0.15) is 4.98 Å². The Kier molecular flexibility index (Phi) is 1.09. The molecular formula is C7H5FN2O. The van der Waals surface area contributed by atoms with Crippen LogP contribution in [0.15, 0.2) is 18.3 Å². The monoisotopic (exact) mass is 152 g/mol. The second-order valence-corrected chi connectivity index (χ2v) is 2.20. The van der Waals surface area contributed by atoms with Gasteiger partial charge < -0.3 is 10.1 Å². The van der Waals surface area contributed by atoms with Crippen LogP contribution in [0.2, 0.25) is 0 Å². The van der Waals surface area contributed by atoms with E-state index in [1.54, 1.807) is 12.3 Å². The molecule has 0 bridgehead atoms. The summed E-state index contributed by atoms with van der Waals surface area (Å²) in [7, 11) is 0. The van der Waals surface area contributed by atoms with E-state index in [0.717, 1.165) is 6.07 Å². The normalized spacial score (nSPS) is 10.6. The van der Waals surface area contributed by atoms with Gasteiger partial charge in [0.05, 0.1) is 5.39 Å². The van der Waals surface area contributed by atoms with Crippen molar-refractivity contribution in [3.05, 3.63) is 24.1 Å². The van der Waals surface area contributed by atoms with Gasteiger partial charge in [0.2, 0.25) is 5.88 Å². The number of aromatic nitrogens is 2. The Hall–Kier alpha value is -1.58. The van der Waals surface area contributed by atoms with Crippen LogP contribution in [0.1, 0.15) is 0 Å². The second-order valence-electron chi connectivity index (χ2n) is 2.20. The molecule has 0 fully saturated rings. The summed E-state index contributed by atoms with van der Waals surface area (Å²) in [6, 6.07) is 2.55. The highest BCUT2D eigenvalue weighted by Crippen LogP contribution is 2.17. The Balaban J connectivity index is 2.91. The summed E-state index contributed by atoms with van der Waals surface area (Å²) in [5, 5.41) is 9.25. The maximum Gasteiger partial charge on any atom is 0.215 e. The van der Waals surface area contributed by atoms with Gasteiger partial charge in [0, 0.05) is 12.3 Å². The number of nitrogens with one attached hydrogen (secondary N) is 1. The fraction of sp³-hybridized carbons (Fsp3) is 0. The number of halogens is 1. The molecule has 0 amide bonds. The van der Waals surface area contributed by atoms with Crippen LogP contribution >= 0.6 is 0 Å². The summed E-state index contributed by atoms with van der Waals surface area (Å²) in [5.41, 5.74) is 0.363. The molecule has 0 saturated heterocycles. The summed E-state index contributed by atoms with van der Waals surface area (Å²) < 4.78 is 12.9. The van der Waals surface area contributed by atoms with Crippen molar-refractivity contribution in [3.8, 4) is 5.88 Å². The number of fused-ring (bicyclic) bond motifs is 1. The van der Waals surface area contributed by atoms with Crippen molar-refractivity contribution in [2.75, 3.05) is 0 Å². The van der Waals surface area contributed by atoms with Crippen LogP contribution in [0.4, 0.5) is 4.39 Å². The van der Waals surface area contributed by atoms with Crippen LogP contribution in [0.5, 0.6) is 5.88 Å². The molecule has 0 saturated carbocycles. The molecule has 4 heteroatoms. The maximum absolute atomic E-state index is 12.9. The van der Waals surface area contributed by atoms with Gasteiger partial charge in [0.15, 0.2) is 0 Å². The number of hydrogen-bond donors (Lipinski definition) is 2. The number of rotatable bonds is 0. The number of hydrogen-bond acceptors (Lipinski definition) is 2. The van der Waals surface area contributed by atoms with Crippen molar-refractivity contribution in [1.29, 1.82) is 0 Å². The number of aromatic hydroxyl groups is 1. The average molecular weight is 152 g/mol. The molecule has 2 heterocycles. The summed E-state index contributed by atoms with van der Waals surface area (Å²) in [5.74, 6) is -0.772. The summed E-state index contributed by atoms with van der Waals surface area (Å²) in [6.07, 6.45) is 1.57. The van der Waals surface area contributed by atoms with Crippen molar-refractivity contribution in [2.45, 2.75) is 0 Å². The largest absolute Gasteiger partial charge is 0.493 e. The predicted molar refractivity (Wildman–Crippen MR) is 37.7 cm³/mol. The number of H-pyrrole nitrogens is 1. The van der Waals surface area contributed by atoms with E-state index in [0.29, 0.717) is 11.0 Å². The zero-order chi connectivity index (χ0) is 7.84. The van der Waals surface area contributed by atoms with E-state index >= 15 is 0 Å². The number of aromatic amines is 1. The van der Waals surface area contributed by atoms with Gasteiger partial charge in [-0.05, 0) is 6.07 Å². The topological polar surface area (TPSA) is 48.9 Å². The van der Waals surface area contributed by atoms with Gasteiger partial charge in [0.25, 0.3) is 0 Å². The molecule has 11 heavy (non-hydrogen) atoms. The van der Waals surface area contributed by atoms with Crippen LogP contribution < -0.4 is 0 Å². The van der Waals surface area contributed by atoms with Crippen molar-refractivity contribution < 1.29 is 9.50 Å². The van der Waals surface area contributed by atoms with E-state index in [9.17, 15) is 4.39 Å². The van der Waals surface area contributed by atoms with Crippen molar-refractivity contribution in [3.63, 3.8) is 0 Å². The van der Waals surface area contributed by atoms with E-state index in [2.05, 4.69) is 9.97 Å². The van der Waals surface area contributed by atoms with Crippen molar-refractivity contribution >= 4 is 11.0 Å². The smallest absolute Gasteiger partial charge is 0.215 e. The third kappa shape index (κ3) is 0.832. The van der Waals surface area contributed by atoms with Crippen molar-refractivity contribution in [1.82, 2.24) is 9.97 Å². The van der Waals surface area contributed by atoms with Gasteiger partial charge in [-0.1, -0.05) is 0 Å². The summed E-state index contributed by atoms with van der Waals surface area (Å²) >= 11 is 0. The maximum atomic E-state index is 12.9. The minimum Gasteiger partial charge on any atom is -0.493 e. The fourth-order valence-electron chi connectivity index (χ4n) is 0.984. The molecule has 0 spiro atoms. The zero-order valence-corrected chi connectivity index (χ0v) is 5.50. The molecule has 2 aromatic heterocycles. The predicted octanol–water partition coefficient (Wildman–Crippen LogP) is 1.41. The molecular weight excluding hydrogens is 147 g/mol. The molecule has 2 aromatic rings. The van der Waals surface area contributed by atoms with Crippen LogP contribution in [-0.2, 0) is 0 Å². The van der Waals surface area contributed by atoms with Gasteiger partial charge in [0.1, 0.15) is 11.5 Å². The Labute approximate surface area is 61.5 Å². The number of nitrogens with zero attached hydrogens (tertiary/aromatic N) is 1. The first-order valence-corrected chi connectivity index (χ1v) is 3.10. The van der Waals surface area contributed by atoms with E-state index in [4.69, 9.17) is 5.11 Å². The Morgan fingerprint density at radius 2 is 2.36 bits per heavy atom. The van der Waals surface area contributed by atoms with Crippen LogP contribution in [-0.4, -0.2) is 15.1 Å². The molecule has 0 aromatic carbocycles. The first-order valence-electron chi connectivity index (χ1n) is 3.10. The molecule has 0 aliphatic heterocycles. The quantitative estimate of drug-likeness (QED) is 0.599. The lowest BCUT2D eigenvalue weighted by atomic mass is 10.3. The minimum absolute atomic E-state index is 0.308. The highest BCUT2D eigenvalue weighted by atomic mass is 19.1. The van der Waals surface area contributed by atoms with Gasteiger partial charge in [-0.15, -0.1) is 0 Å². The first kappa shape index (κ1) is 6.15. The summed E-state index contributed by atoms with van der Waals surface area (Å²) in [4.78, 5) is 6.35. The first-order chi connectivity index (χ1) is 5.27. The lowest BCUT2D eigenvalue weighted by molar-refractivity contribution is 0.450. The molecule has 3 nitrogen and oxygen atoms in total. The standard InChI is InChI=1S/C7H5FN2O/c8-5-3-6(11)10-7-4(5)1-2-9-7/h1-3H,(H2,9,10,11). The number of pyridine rings is 1. The highest BCUT2D eigenvalue weighted by molar-refractivity contribution is 5.76. The molecule has 0 atom stereocenters. The highest BCUT2D eigenvalue weighted by Gasteiger charge is 2.03. The zero-order valence-electron chi connectivity index (χ0n) is 5.50.